The first kappa shape index (κ1) is 28.1. The molecule has 0 unspecified atom stereocenters. The summed E-state index contributed by atoms with van der Waals surface area (Å²) >= 11 is 1.25. The summed E-state index contributed by atoms with van der Waals surface area (Å²) in [5.41, 5.74) is 5.78. The average Bonchev–Trinajstić information content (AvgIpc) is 3.67. The summed E-state index contributed by atoms with van der Waals surface area (Å²) in [7, 11) is 1.57. The summed E-state index contributed by atoms with van der Waals surface area (Å²) in [6.45, 7) is -0.234. The van der Waals surface area contributed by atoms with Crippen LogP contribution in [0.4, 0.5) is 10.8 Å². The molecular weight excluding hydrogens is 562 g/mol. The van der Waals surface area contributed by atoms with E-state index in [0.717, 1.165) is 16.0 Å². The molecule has 212 valence electrons. The minimum atomic E-state index is -1.32. The number of carbonyl (C=O) groups is 1. The number of para-hydroxylation sites is 1. The third-order valence-electron chi connectivity index (χ3n) is 6.15. The van der Waals surface area contributed by atoms with Gasteiger partial charge in [0, 0.05) is 23.6 Å². The molecule has 0 fully saturated rings. The summed E-state index contributed by atoms with van der Waals surface area (Å²) in [6, 6.07) is 20.7. The van der Waals surface area contributed by atoms with Crippen molar-refractivity contribution < 1.29 is 24.7 Å². The highest BCUT2D eigenvalue weighted by Gasteiger charge is 2.20. The zero-order valence-electron chi connectivity index (χ0n) is 22.0. The van der Waals surface area contributed by atoms with Gasteiger partial charge in [0.05, 0.1) is 41.1 Å². The number of methoxy groups -OCH3 is 1. The number of benzene rings is 3. The van der Waals surface area contributed by atoms with Crippen molar-refractivity contribution in [1.82, 2.24) is 20.0 Å². The molecule has 0 bridgehead atoms. The summed E-state index contributed by atoms with van der Waals surface area (Å²) in [4.78, 5) is 28.3. The third kappa shape index (κ3) is 6.14. The lowest BCUT2D eigenvalue weighted by Crippen LogP contribution is -2.18. The van der Waals surface area contributed by atoms with Gasteiger partial charge in [0.2, 0.25) is 5.13 Å². The second-order valence-electron chi connectivity index (χ2n) is 8.83. The number of hydrogen-bond acceptors (Lipinski definition) is 11. The van der Waals surface area contributed by atoms with E-state index in [0.29, 0.717) is 28.0 Å². The Labute approximate surface area is 242 Å². The molecule has 0 atom stereocenters. The number of thiazole rings is 1. The minimum absolute atomic E-state index is 0.192. The van der Waals surface area contributed by atoms with Crippen LogP contribution in [-0.4, -0.2) is 53.9 Å². The van der Waals surface area contributed by atoms with Crippen molar-refractivity contribution in [2.75, 3.05) is 12.5 Å². The molecule has 0 aliphatic rings. The fourth-order valence-electron chi connectivity index (χ4n) is 4.09. The molecular formula is C28H23N7O6S. The predicted octanol–water partition coefficient (Wildman–Crippen LogP) is 4.56. The molecule has 0 radical (unpaired) electrons. The van der Waals surface area contributed by atoms with Gasteiger partial charge in [0.15, 0.2) is 0 Å². The second-order valence-corrected chi connectivity index (χ2v) is 9.83. The molecule has 0 aliphatic carbocycles. The average molecular weight is 586 g/mol. The van der Waals surface area contributed by atoms with Gasteiger partial charge in [-0.3, -0.25) is 15.5 Å². The maximum Gasteiger partial charge on any atom is 0.352 e. The molecule has 0 saturated carbocycles. The molecule has 2 heterocycles. The van der Waals surface area contributed by atoms with Crippen molar-refractivity contribution in [2.45, 2.75) is 13.0 Å². The fourth-order valence-corrected chi connectivity index (χ4v) is 5.02. The molecule has 0 spiro atoms. The van der Waals surface area contributed by atoms with Gasteiger partial charge >= 0.3 is 5.97 Å². The van der Waals surface area contributed by atoms with E-state index in [9.17, 15) is 25.1 Å². The number of carboxylic acids is 1. The number of anilines is 1. The van der Waals surface area contributed by atoms with E-state index < -0.39 is 10.9 Å². The molecule has 3 aromatic carbocycles. The van der Waals surface area contributed by atoms with Crippen LogP contribution in [0.15, 0.2) is 84.1 Å². The second kappa shape index (κ2) is 12.4. The van der Waals surface area contributed by atoms with Crippen LogP contribution in [0, 0.1) is 10.1 Å². The van der Waals surface area contributed by atoms with Gasteiger partial charge in [-0.05, 0) is 42.0 Å². The number of nitro groups is 1. The number of carboxylic acid groups (broad SMARTS) is 1. The van der Waals surface area contributed by atoms with E-state index in [1.54, 1.807) is 36.2 Å². The summed E-state index contributed by atoms with van der Waals surface area (Å²) in [5.74, 6) is -0.650. The normalized spacial score (nSPS) is 11.3. The van der Waals surface area contributed by atoms with Gasteiger partial charge in [-0.15, -0.1) is 5.10 Å². The van der Waals surface area contributed by atoms with Crippen LogP contribution in [0.2, 0.25) is 0 Å². The maximum atomic E-state index is 12.0. The van der Waals surface area contributed by atoms with Crippen molar-refractivity contribution >= 4 is 33.8 Å². The van der Waals surface area contributed by atoms with E-state index in [2.05, 4.69) is 20.8 Å². The van der Waals surface area contributed by atoms with Crippen LogP contribution in [0.3, 0.4) is 0 Å². The molecule has 42 heavy (non-hydrogen) atoms. The van der Waals surface area contributed by atoms with Crippen molar-refractivity contribution in [3.8, 4) is 33.1 Å². The lowest BCUT2D eigenvalue weighted by Gasteiger charge is -2.06. The number of nitro benzene ring substituents is 1. The summed E-state index contributed by atoms with van der Waals surface area (Å²) in [6.07, 6.45) is 1.36. The number of rotatable bonds is 11. The quantitative estimate of drug-likeness (QED) is 0.113. The standard InChI is InChI=1S/C28H23N7O6S/c1-41-22-11-9-17(10-12-22)25-26(19-6-4-7-21(13-19)34-15-20(16-36)30-33-34)42-28(29-25)32-31-23(27(37)38)14-18-5-2-3-8-24(18)35(39)40/h2-13,15,36H,14,16H2,1H3,(H,29,32)(H,37,38)/b31-23+. The van der Waals surface area contributed by atoms with Crippen molar-refractivity contribution in [3.63, 3.8) is 0 Å². The topological polar surface area (TPSA) is 178 Å². The fraction of sp³-hybridized carbons (Fsp3) is 0.107. The van der Waals surface area contributed by atoms with Crippen molar-refractivity contribution in [3.05, 3.63) is 100 Å². The Morgan fingerprint density at radius 3 is 2.60 bits per heavy atom. The highest BCUT2D eigenvalue weighted by molar-refractivity contribution is 7.19. The van der Waals surface area contributed by atoms with Crippen LogP contribution in [0.1, 0.15) is 11.3 Å². The lowest BCUT2D eigenvalue weighted by molar-refractivity contribution is -0.385. The number of hydrogen-bond donors (Lipinski definition) is 3. The monoisotopic (exact) mass is 585 g/mol. The molecule has 14 heteroatoms. The number of aliphatic hydroxyl groups is 1. The highest BCUT2D eigenvalue weighted by atomic mass is 32.1. The summed E-state index contributed by atoms with van der Waals surface area (Å²) in [5, 5.41) is 42.9. The number of aliphatic carboxylic acids is 1. The van der Waals surface area contributed by atoms with Crippen LogP contribution in [0.5, 0.6) is 5.75 Å². The third-order valence-corrected chi connectivity index (χ3v) is 7.16. The Morgan fingerprint density at radius 1 is 1.12 bits per heavy atom. The van der Waals surface area contributed by atoms with Crippen LogP contribution >= 0.6 is 11.3 Å². The number of aromatic nitrogens is 4. The van der Waals surface area contributed by atoms with Crippen LogP contribution in [-0.2, 0) is 17.8 Å². The highest BCUT2D eigenvalue weighted by Crippen LogP contribution is 2.40. The maximum absolute atomic E-state index is 12.0. The number of ether oxygens (including phenoxy) is 1. The van der Waals surface area contributed by atoms with Crippen LogP contribution < -0.4 is 10.2 Å². The first-order chi connectivity index (χ1) is 20.4. The van der Waals surface area contributed by atoms with Gasteiger partial charge < -0.3 is 14.9 Å². The Kier molecular flexibility index (Phi) is 8.27. The molecule has 5 rings (SSSR count). The van der Waals surface area contributed by atoms with E-state index in [1.165, 1.54) is 29.5 Å². The molecule has 2 aromatic heterocycles. The van der Waals surface area contributed by atoms with Crippen LogP contribution in [0.25, 0.3) is 27.4 Å². The Balaban J connectivity index is 1.52. The zero-order valence-corrected chi connectivity index (χ0v) is 22.9. The van der Waals surface area contributed by atoms with E-state index in [4.69, 9.17) is 9.72 Å². The molecule has 13 nitrogen and oxygen atoms in total. The van der Waals surface area contributed by atoms with Gasteiger partial charge in [0.1, 0.15) is 17.2 Å². The smallest absolute Gasteiger partial charge is 0.352 e. The number of nitrogens with zero attached hydrogens (tertiary/aromatic N) is 6. The van der Waals surface area contributed by atoms with E-state index >= 15 is 0 Å². The van der Waals surface area contributed by atoms with Gasteiger partial charge in [-0.1, -0.05) is 46.9 Å². The predicted molar refractivity (Wildman–Crippen MR) is 156 cm³/mol. The number of hydrazone groups is 1. The molecule has 0 saturated heterocycles. The minimum Gasteiger partial charge on any atom is -0.497 e. The van der Waals surface area contributed by atoms with Gasteiger partial charge in [-0.25, -0.2) is 14.5 Å². The largest absolute Gasteiger partial charge is 0.497 e. The Hall–Kier alpha value is -5.47. The first-order valence-electron chi connectivity index (χ1n) is 12.4. The molecule has 3 N–H and O–H groups in total. The SMILES string of the molecule is COc1ccc(-c2nc(N/N=C(\Cc3ccccc3[N+](=O)[O-])C(=O)O)sc2-c2cccc(-n3cc(CO)nn3)c2)cc1. The molecule has 0 amide bonds. The molecule has 5 aromatic rings. The van der Waals surface area contributed by atoms with Crippen molar-refractivity contribution in [1.29, 1.82) is 0 Å². The van der Waals surface area contributed by atoms with Crippen molar-refractivity contribution in [2.24, 2.45) is 5.10 Å². The number of aliphatic hydroxyl groups excluding tert-OH is 1. The van der Waals surface area contributed by atoms with Gasteiger partial charge in [0.25, 0.3) is 5.69 Å². The first-order valence-corrected chi connectivity index (χ1v) is 13.2. The molecule has 0 aliphatic heterocycles. The zero-order chi connectivity index (χ0) is 29.6. The lowest BCUT2D eigenvalue weighted by atomic mass is 10.1. The van der Waals surface area contributed by atoms with E-state index in [-0.39, 0.29) is 30.0 Å². The summed E-state index contributed by atoms with van der Waals surface area (Å²) < 4.78 is 6.83. The Morgan fingerprint density at radius 2 is 1.90 bits per heavy atom. The number of nitrogens with one attached hydrogen (secondary N) is 1. The van der Waals surface area contributed by atoms with E-state index in [1.807, 2.05) is 36.4 Å². The van der Waals surface area contributed by atoms with Gasteiger partial charge in [-0.2, -0.15) is 5.10 Å². The Bertz CT molecular complexity index is 1780.